The molecule has 2 rings (SSSR count). The monoisotopic (exact) mass is 207 g/mol. The van der Waals surface area contributed by atoms with E-state index in [2.05, 4.69) is 0 Å². The van der Waals surface area contributed by atoms with Crippen molar-refractivity contribution < 1.29 is 9.84 Å². The molecule has 3 heteroatoms. The first-order chi connectivity index (χ1) is 7.18. The van der Waals surface area contributed by atoms with Gasteiger partial charge in [-0.3, -0.25) is 0 Å². The maximum atomic E-state index is 10.3. The topological polar surface area (TPSA) is 55.5 Å². The average Bonchev–Trinajstić information content (AvgIpc) is 2.25. The van der Waals surface area contributed by atoms with Crippen molar-refractivity contribution in [3.8, 4) is 5.75 Å². The van der Waals surface area contributed by atoms with E-state index in [4.69, 9.17) is 10.5 Å². The fourth-order valence-corrected chi connectivity index (χ4v) is 2.20. The molecule has 0 spiro atoms. The Morgan fingerprint density at radius 3 is 2.47 bits per heavy atom. The van der Waals surface area contributed by atoms with Gasteiger partial charge in [0.2, 0.25) is 0 Å². The van der Waals surface area contributed by atoms with E-state index >= 15 is 0 Å². The first-order valence-corrected chi connectivity index (χ1v) is 5.25. The fourth-order valence-electron chi connectivity index (χ4n) is 2.20. The summed E-state index contributed by atoms with van der Waals surface area (Å²) in [6.45, 7) is 0.665. The standard InChI is InChI=1S/C12H17NO2/c1-15-11-4-2-10(3-5-11)12(14)6-9(7-12)8-13/h2-5,9,14H,6-8,13H2,1H3. The van der Waals surface area contributed by atoms with Crippen LogP contribution in [0.5, 0.6) is 5.75 Å². The summed E-state index contributed by atoms with van der Waals surface area (Å²) in [5.74, 6) is 1.29. The van der Waals surface area contributed by atoms with Crippen LogP contribution in [0.4, 0.5) is 0 Å². The van der Waals surface area contributed by atoms with E-state index in [1.54, 1.807) is 7.11 Å². The van der Waals surface area contributed by atoms with Gasteiger partial charge in [0.15, 0.2) is 0 Å². The van der Waals surface area contributed by atoms with Gasteiger partial charge in [0, 0.05) is 0 Å². The van der Waals surface area contributed by atoms with Crippen molar-refractivity contribution in [2.75, 3.05) is 13.7 Å². The lowest BCUT2D eigenvalue weighted by Crippen LogP contribution is -2.44. The van der Waals surface area contributed by atoms with E-state index in [1.807, 2.05) is 24.3 Å². The van der Waals surface area contributed by atoms with Crippen LogP contribution < -0.4 is 10.5 Å². The smallest absolute Gasteiger partial charge is 0.118 e. The van der Waals surface area contributed by atoms with E-state index in [0.717, 1.165) is 24.2 Å². The van der Waals surface area contributed by atoms with Crippen molar-refractivity contribution in [1.29, 1.82) is 0 Å². The number of benzene rings is 1. The number of methoxy groups -OCH3 is 1. The maximum absolute atomic E-state index is 10.3. The quantitative estimate of drug-likeness (QED) is 0.784. The summed E-state index contributed by atoms with van der Waals surface area (Å²) >= 11 is 0. The second-order valence-electron chi connectivity index (χ2n) is 4.27. The Morgan fingerprint density at radius 1 is 1.40 bits per heavy atom. The van der Waals surface area contributed by atoms with E-state index in [-0.39, 0.29) is 0 Å². The highest BCUT2D eigenvalue weighted by Gasteiger charge is 2.42. The number of nitrogens with two attached hydrogens (primary N) is 1. The molecule has 0 radical (unpaired) electrons. The molecule has 15 heavy (non-hydrogen) atoms. The molecule has 3 N–H and O–H groups in total. The molecule has 1 aromatic rings. The molecule has 0 bridgehead atoms. The summed E-state index contributed by atoms with van der Waals surface area (Å²) in [6.07, 6.45) is 1.55. The molecule has 0 aromatic heterocycles. The number of ether oxygens (including phenoxy) is 1. The largest absolute Gasteiger partial charge is 0.497 e. The summed E-state index contributed by atoms with van der Waals surface area (Å²) in [7, 11) is 1.64. The lowest BCUT2D eigenvalue weighted by Gasteiger charge is -2.43. The second-order valence-corrected chi connectivity index (χ2v) is 4.27. The first kappa shape index (κ1) is 10.5. The molecular weight excluding hydrogens is 190 g/mol. The Balaban J connectivity index is 2.10. The predicted molar refractivity (Wildman–Crippen MR) is 58.7 cm³/mol. The molecule has 82 valence electrons. The minimum absolute atomic E-state index is 0.470. The zero-order chi connectivity index (χ0) is 10.9. The molecule has 1 aliphatic carbocycles. The van der Waals surface area contributed by atoms with Crippen molar-refractivity contribution in [3.05, 3.63) is 29.8 Å². The molecule has 1 aromatic carbocycles. The molecule has 1 saturated carbocycles. The van der Waals surface area contributed by atoms with E-state index in [1.165, 1.54) is 0 Å². The Kier molecular flexibility index (Phi) is 2.67. The molecule has 3 nitrogen and oxygen atoms in total. The summed E-state index contributed by atoms with van der Waals surface area (Å²) < 4.78 is 5.07. The summed E-state index contributed by atoms with van der Waals surface area (Å²) in [5.41, 5.74) is 5.86. The highest BCUT2D eigenvalue weighted by atomic mass is 16.5. The SMILES string of the molecule is COc1ccc(C2(O)CC(CN)C2)cc1. The van der Waals surface area contributed by atoms with Crippen LogP contribution >= 0.6 is 0 Å². The van der Waals surface area contributed by atoms with Crippen molar-refractivity contribution in [1.82, 2.24) is 0 Å². The third kappa shape index (κ3) is 1.85. The van der Waals surface area contributed by atoms with Crippen molar-refractivity contribution in [2.24, 2.45) is 11.7 Å². The molecule has 0 amide bonds. The van der Waals surface area contributed by atoms with Crippen LogP contribution in [0.15, 0.2) is 24.3 Å². The number of aliphatic hydroxyl groups is 1. The van der Waals surface area contributed by atoms with Gasteiger partial charge in [-0.05, 0) is 43.0 Å². The minimum Gasteiger partial charge on any atom is -0.497 e. The fraction of sp³-hybridized carbons (Fsp3) is 0.500. The molecular formula is C12H17NO2. The number of hydrogen-bond acceptors (Lipinski definition) is 3. The Bertz CT molecular complexity index is 328. The zero-order valence-electron chi connectivity index (χ0n) is 8.94. The van der Waals surface area contributed by atoms with E-state index in [0.29, 0.717) is 12.5 Å². The maximum Gasteiger partial charge on any atom is 0.118 e. The van der Waals surface area contributed by atoms with Gasteiger partial charge < -0.3 is 15.6 Å². The third-order valence-electron chi connectivity index (χ3n) is 3.21. The van der Waals surface area contributed by atoms with E-state index in [9.17, 15) is 5.11 Å². The lowest BCUT2D eigenvalue weighted by molar-refractivity contribution is -0.0766. The van der Waals surface area contributed by atoms with Crippen molar-refractivity contribution in [3.63, 3.8) is 0 Å². The number of rotatable bonds is 3. The number of hydrogen-bond donors (Lipinski definition) is 2. The van der Waals surface area contributed by atoms with Crippen LogP contribution in [0.3, 0.4) is 0 Å². The third-order valence-corrected chi connectivity index (χ3v) is 3.21. The average molecular weight is 207 g/mol. The first-order valence-electron chi connectivity index (χ1n) is 5.25. The lowest BCUT2D eigenvalue weighted by atomic mass is 9.67. The Morgan fingerprint density at radius 2 is 2.00 bits per heavy atom. The predicted octanol–water partition coefficient (Wildman–Crippen LogP) is 1.25. The summed E-state index contributed by atoms with van der Waals surface area (Å²) in [6, 6.07) is 7.60. The van der Waals surface area contributed by atoms with E-state index < -0.39 is 5.60 Å². The molecule has 0 atom stereocenters. The van der Waals surface area contributed by atoms with Gasteiger partial charge in [-0.15, -0.1) is 0 Å². The van der Waals surface area contributed by atoms with Crippen LogP contribution in [-0.4, -0.2) is 18.8 Å². The van der Waals surface area contributed by atoms with Crippen LogP contribution in [0.2, 0.25) is 0 Å². The molecule has 1 fully saturated rings. The highest BCUT2D eigenvalue weighted by molar-refractivity contribution is 5.32. The summed E-state index contributed by atoms with van der Waals surface area (Å²) in [4.78, 5) is 0. The molecule has 1 aliphatic rings. The highest BCUT2D eigenvalue weighted by Crippen LogP contribution is 2.45. The molecule has 0 heterocycles. The van der Waals surface area contributed by atoms with Crippen LogP contribution in [-0.2, 0) is 5.60 Å². The van der Waals surface area contributed by atoms with Crippen molar-refractivity contribution >= 4 is 0 Å². The normalized spacial score (nSPS) is 29.7. The van der Waals surface area contributed by atoms with Crippen LogP contribution in [0.25, 0.3) is 0 Å². The van der Waals surface area contributed by atoms with Gasteiger partial charge in [-0.2, -0.15) is 0 Å². The Hall–Kier alpha value is -1.06. The van der Waals surface area contributed by atoms with Gasteiger partial charge >= 0.3 is 0 Å². The summed E-state index contributed by atoms with van der Waals surface area (Å²) in [5, 5.41) is 10.3. The van der Waals surface area contributed by atoms with Crippen LogP contribution in [0, 0.1) is 5.92 Å². The van der Waals surface area contributed by atoms with Gasteiger partial charge in [0.1, 0.15) is 5.75 Å². The van der Waals surface area contributed by atoms with Gasteiger partial charge in [-0.25, -0.2) is 0 Å². The zero-order valence-corrected chi connectivity index (χ0v) is 8.94. The Labute approximate surface area is 89.9 Å². The van der Waals surface area contributed by atoms with Gasteiger partial charge in [-0.1, -0.05) is 12.1 Å². The van der Waals surface area contributed by atoms with Crippen LogP contribution in [0.1, 0.15) is 18.4 Å². The second kappa shape index (κ2) is 3.83. The van der Waals surface area contributed by atoms with Gasteiger partial charge in [0.05, 0.1) is 12.7 Å². The molecule has 0 unspecified atom stereocenters. The molecule has 0 saturated heterocycles. The minimum atomic E-state index is -0.656. The van der Waals surface area contributed by atoms with Gasteiger partial charge in [0.25, 0.3) is 0 Å². The molecule has 0 aliphatic heterocycles. The van der Waals surface area contributed by atoms with Crippen molar-refractivity contribution in [2.45, 2.75) is 18.4 Å².